The van der Waals surface area contributed by atoms with Gasteiger partial charge in [0, 0.05) is 11.9 Å². The van der Waals surface area contributed by atoms with Crippen LogP contribution in [0.5, 0.6) is 0 Å². The Morgan fingerprint density at radius 1 is 1.41 bits per heavy atom. The van der Waals surface area contributed by atoms with Crippen molar-refractivity contribution in [1.82, 2.24) is 9.88 Å². The van der Waals surface area contributed by atoms with Crippen LogP contribution < -0.4 is 0 Å². The van der Waals surface area contributed by atoms with Crippen molar-refractivity contribution in [2.24, 2.45) is 0 Å². The first-order valence-corrected chi connectivity index (χ1v) is 8.18. The number of carbonyl (C=O) groups is 1. The highest BCUT2D eigenvalue weighted by Gasteiger charge is 2.33. The number of hydrogen-bond acceptors (Lipinski definition) is 5. The highest BCUT2D eigenvalue weighted by Crippen LogP contribution is 2.34. The first-order chi connectivity index (χ1) is 10.8. The molecule has 2 heterocycles. The third-order valence-corrected chi connectivity index (χ3v) is 4.70. The number of ether oxygens (including phenoxy) is 1. The average Bonchev–Trinajstić information content (AvgIpc) is 3.21. The second kappa shape index (κ2) is 6.89. The smallest absolute Gasteiger partial charge is 0.410 e. The van der Waals surface area contributed by atoms with Crippen LogP contribution in [0.4, 0.5) is 4.79 Å². The fraction of sp³-hybridized carbons (Fsp3) is 0.375. The van der Waals surface area contributed by atoms with Gasteiger partial charge in [0.1, 0.15) is 11.6 Å². The fourth-order valence-electron chi connectivity index (χ4n) is 2.59. The van der Waals surface area contributed by atoms with Crippen LogP contribution in [0.25, 0.3) is 0 Å². The lowest BCUT2D eigenvalue weighted by molar-refractivity contribution is 0.0920. The third-order valence-electron chi connectivity index (χ3n) is 3.71. The Kier molecular flexibility index (Phi) is 4.70. The van der Waals surface area contributed by atoms with Gasteiger partial charge in [-0.3, -0.25) is 4.90 Å². The molecule has 6 heteroatoms. The van der Waals surface area contributed by atoms with E-state index in [9.17, 15) is 4.79 Å². The lowest BCUT2D eigenvalue weighted by Crippen LogP contribution is -2.31. The van der Waals surface area contributed by atoms with Gasteiger partial charge >= 0.3 is 6.09 Å². The molecule has 1 amide bonds. The molecule has 1 saturated heterocycles. The second-order valence-electron chi connectivity index (χ2n) is 5.23. The van der Waals surface area contributed by atoms with Crippen LogP contribution in [0, 0.1) is 0 Å². The maximum absolute atomic E-state index is 12.3. The molecule has 3 rings (SSSR count). The van der Waals surface area contributed by atoms with Crippen LogP contribution in [0.1, 0.15) is 35.1 Å². The number of rotatable bonds is 4. The number of aliphatic hydroxyl groups excluding tert-OH is 1. The van der Waals surface area contributed by atoms with E-state index in [2.05, 4.69) is 4.98 Å². The minimum absolute atomic E-state index is 0.0337. The Hall–Kier alpha value is -1.92. The Bertz CT molecular complexity index is 629. The van der Waals surface area contributed by atoms with E-state index in [0.29, 0.717) is 12.2 Å². The first kappa shape index (κ1) is 15.0. The summed E-state index contributed by atoms with van der Waals surface area (Å²) in [5.41, 5.74) is 1.63. The molecule has 1 aromatic heterocycles. The molecule has 0 spiro atoms. The fourth-order valence-corrected chi connectivity index (χ4v) is 3.55. The Morgan fingerprint density at radius 3 is 2.95 bits per heavy atom. The SMILES string of the molecule is O=C(OCc1ccccc1)N1CCCC1c1nc(CO)cs1. The van der Waals surface area contributed by atoms with Gasteiger partial charge in [-0.05, 0) is 18.4 Å². The van der Waals surface area contributed by atoms with Gasteiger partial charge in [0.25, 0.3) is 0 Å². The van der Waals surface area contributed by atoms with Crippen LogP contribution in [-0.4, -0.2) is 27.6 Å². The van der Waals surface area contributed by atoms with Gasteiger partial charge in [0.05, 0.1) is 18.3 Å². The van der Waals surface area contributed by atoms with Crippen molar-refractivity contribution < 1.29 is 14.6 Å². The van der Waals surface area contributed by atoms with Crippen LogP contribution in [0.2, 0.25) is 0 Å². The summed E-state index contributed by atoms with van der Waals surface area (Å²) in [5.74, 6) is 0. The van der Waals surface area contributed by atoms with E-state index in [1.165, 1.54) is 11.3 Å². The summed E-state index contributed by atoms with van der Waals surface area (Å²) < 4.78 is 5.41. The molecule has 0 saturated carbocycles. The van der Waals surface area contributed by atoms with Crippen LogP contribution in [0.3, 0.4) is 0 Å². The Balaban J connectivity index is 1.63. The molecule has 1 N–H and O–H groups in total. The van der Waals surface area contributed by atoms with Gasteiger partial charge in [-0.25, -0.2) is 9.78 Å². The van der Waals surface area contributed by atoms with Gasteiger partial charge < -0.3 is 9.84 Å². The number of benzene rings is 1. The molecule has 1 aromatic carbocycles. The summed E-state index contributed by atoms with van der Waals surface area (Å²) in [7, 11) is 0. The Morgan fingerprint density at radius 2 is 2.23 bits per heavy atom. The maximum atomic E-state index is 12.3. The van der Waals surface area contributed by atoms with Crippen molar-refractivity contribution in [3.63, 3.8) is 0 Å². The van der Waals surface area contributed by atoms with Gasteiger partial charge in [0.15, 0.2) is 0 Å². The highest BCUT2D eigenvalue weighted by molar-refractivity contribution is 7.09. The van der Waals surface area contributed by atoms with Crippen molar-refractivity contribution >= 4 is 17.4 Å². The molecule has 1 atom stereocenters. The summed E-state index contributed by atoms with van der Waals surface area (Å²) in [6.07, 6.45) is 1.53. The zero-order chi connectivity index (χ0) is 15.4. The largest absolute Gasteiger partial charge is 0.445 e. The lowest BCUT2D eigenvalue weighted by atomic mass is 10.2. The molecule has 0 bridgehead atoms. The van der Waals surface area contributed by atoms with Gasteiger partial charge in [0.2, 0.25) is 0 Å². The predicted octanol–water partition coefficient (Wildman–Crippen LogP) is 3.11. The van der Waals surface area contributed by atoms with Gasteiger partial charge in [-0.15, -0.1) is 11.3 Å². The summed E-state index contributed by atoms with van der Waals surface area (Å²) in [5, 5.41) is 11.8. The molecule has 1 fully saturated rings. The molecule has 116 valence electrons. The van der Waals surface area contributed by atoms with Crippen molar-refractivity contribution in [3.05, 3.63) is 52.0 Å². The molecule has 1 aliphatic heterocycles. The number of aliphatic hydroxyl groups is 1. The van der Waals surface area contributed by atoms with Gasteiger partial charge in [-0.2, -0.15) is 0 Å². The molecule has 5 nitrogen and oxygen atoms in total. The van der Waals surface area contributed by atoms with Gasteiger partial charge in [-0.1, -0.05) is 30.3 Å². The summed E-state index contributed by atoms with van der Waals surface area (Å²) >= 11 is 1.49. The number of nitrogens with zero attached hydrogens (tertiary/aromatic N) is 2. The molecular formula is C16H18N2O3S. The summed E-state index contributed by atoms with van der Waals surface area (Å²) in [4.78, 5) is 18.4. The van der Waals surface area contributed by atoms with Crippen molar-refractivity contribution in [2.45, 2.75) is 32.1 Å². The molecule has 2 aromatic rings. The maximum Gasteiger partial charge on any atom is 0.410 e. The zero-order valence-corrected chi connectivity index (χ0v) is 13.0. The molecule has 1 unspecified atom stereocenters. The monoisotopic (exact) mass is 318 g/mol. The average molecular weight is 318 g/mol. The zero-order valence-electron chi connectivity index (χ0n) is 12.1. The van der Waals surface area contributed by atoms with Crippen molar-refractivity contribution in [3.8, 4) is 0 Å². The second-order valence-corrected chi connectivity index (χ2v) is 6.12. The molecule has 22 heavy (non-hydrogen) atoms. The minimum Gasteiger partial charge on any atom is -0.445 e. The number of carbonyl (C=O) groups excluding carboxylic acids is 1. The van der Waals surface area contributed by atoms with Crippen LogP contribution >= 0.6 is 11.3 Å². The van der Waals surface area contributed by atoms with Crippen LogP contribution in [-0.2, 0) is 18.0 Å². The normalized spacial score (nSPS) is 17.7. The first-order valence-electron chi connectivity index (χ1n) is 7.30. The number of aromatic nitrogens is 1. The third kappa shape index (κ3) is 3.28. The highest BCUT2D eigenvalue weighted by atomic mass is 32.1. The van der Waals surface area contributed by atoms with E-state index in [-0.39, 0.29) is 25.3 Å². The standard InChI is InChI=1S/C16H18N2O3S/c19-9-13-11-22-15(17-13)14-7-4-8-18(14)16(20)21-10-12-5-2-1-3-6-12/h1-3,5-6,11,14,19H,4,7-10H2. The Labute approximate surface area is 133 Å². The number of amides is 1. The van der Waals surface area contributed by atoms with Crippen molar-refractivity contribution in [1.29, 1.82) is 0 Å². The number of hydrogen-bond donors (Lipinski definition) is 1. The summed E-state index contributed by atoms with van der Waals surface area (Å²) in [6, 6.07) is 9.62. The van der Waals surface area contributed by atoms with E-state index >= 15 is 0 Å². The van der Waals surface area contributed by atoms with Crippen molar-refractivity contribution in [2.75, 3.05) is 6.54 Å². The topological polar surface area (TPSA) is 62.7 Å². The quantitative estimate of drug-likeness (QED) is 0.941. The van der Waals surface area contributed by atoms with E-state index in [4.69, 9.17) is 9.84 Å². The number of likely N-dealkylation sites (tertiary alicyclic amines) is 1. The number of thiazole rings is 1. The molecular weight excluding hydrogens is 300 g/mol. The predicted molar refractivity (Wildman–Crippen MR) is 83.3 cm³/mol. The van der Waals surface area contributed by atoms with E-state index in [1.54, 1.807) is 4.90 Å². The van der Waals surface area contributed by atoms with E-state index < -0.39 is 0 Å². The molecule has 0 aliphatic carbocycles. The van der Waals surface area contributed by atoms with Crippen LogP contribution in [0.15, 0.2) is 35.7 Å². The molecule has 0 radical (unpaired) electrons. The van der Waals surface area contributed by atoms with E-state index in [0.717, 1.165) is 23.4 Å². The molecule has 1 aliphatic rings. The minimum atomic E-state index is -0.299. The lowest BCUT2D eigenvalue weighted by Gasteiger charge is -2.22. The summed E-state index contributed by atoms with van der Waals surface area (Å²) in [6.45, 7) is 0.899. The van der Waals surface area contributed by atoms with E-state index in [1.807, 2.05) is 35.7 Å².